The zero-order valence-electron chi connectivity index (χ0n) is 7.58. The van der Waals surface area contributed by atoms with Crippen LogP contribution in [0.15, 0.2) is 36.5 Å². The van der Waals surface area contributed by atoms with Crippen molar-refractivity contribution in [3.8, 4) is 0 Å². The molecule has 0 heterocycles. The molecule has 0 amide bonds. The Morgan fingerprint density at radius 2 is 1.50 bits per heavy atom. The van der Waals surface area contributed by atoms with Crippen LogP contribution in [0.4, 0.5) is 0 Å². The third kappa shape index (κ3) is 4.95. The van der Waals surface area contributed by atoms with Crippen molar-refractivity contribution in [1.29, 1.82) is 0 Å². The van der Waals surface area contributed by atoms with Crippen molar-refractivity contribution in [2.75, 3.05) is 0 Å². The quantitative estimate of drug-likeness (QED) is 0.474. The van der Waals surface area contributed by atoms with Gasteiger partial charge in [0.1, 0.15) is 0 Å². The van der Waals surface area contributed by atoms with Gasteiger partial charge in [-0.3, -0.25) is 0 Å². The maximum absolute atomic E-state index is 2.29. The summed E-state index contributed by atoms with van der Waals surface area (Å²) in [5.74, 6) is 0. The van der Waals surface area contributed by atoms with Crippen molar-refractivity contribution in [1.82, 2.24) is 0 Å². The second kappa shape index (κ2) is 6.90. The summed E-state index contributed by atoms with van der Waals surface area (Å²) in [7, 11) is 0. The van der Waals surface area contributed by atoms with Crippen molar-refractivity contribution in [2.24, 2.45) is 0 Å². The van der Waals surface area contributed by atoms with Crippen LogP contribution in [0.1, 0.15) is 32.1 Å². The van der Waals surface area contributed by atoms with E-state index in [1.165, 1.54) is 25.7 Å². The highest BCUT2D eigenvalue weighted by Crippen LogP contribution is 2.04. The van der Waals surface area contributed by atoms with E-state index in [1.54, 1.807) is 0 Å². The van der Waals surface area contributed by atoms with Crippen LogP contribution in [0.5, 0.6) is 0 Å². The molecule has 0 atom stereocenters. The summed E-state index contributed by atoms with van der Waals surface area (Å²) in [6.45, 7) is 0. The molecular formula is C12H17. The minimum Gasteiger partial charge on any atom is -0.0885 e. The predicted molar refractivity (Wildman–Crippen MR) is 54.8 cm³/mol. The van der Waals surface area contributed by atoms with Crippen molar-refractivity contribution in [3.63, 3.8) is 0 Å². The van der Waals surface area contributed by atoms with Gasteiger partial charge in [0.25, 0.3) is 0 Å². The van der Waals surface area contributed by atoms with E-state index in [-0.39, 0.29) is 0 Å². The molecule has 1 aliphatic rings. The standard InChI is InChI=1S/C12H17/c1-2-4-6-8-10-12-11-9-7-5-3-1/h1-5,8,10H,6-7,9,11-12H2/b2-1-,5-3+,10-8-. The molecule has 0 spiro atoms. The summed E-state index contributed by atoms with van der Waals surface area (Å²) in [5, 5.41) is 0. The molecule has 1 radical (unpaired) electrons. The Bertz CT molecular complexity index is 172. The number of rotatable bonds is 0. The molecule has 0 N–H and O–H groups in total. The Morgan fingerprint density at radius 3 is 2.42 bits per heavy atom. The van der Waals surface area contributed by atoms with Crippen LogP contribution in [0.3, 0.4) is 0 Å². The first-order chi connectivity index (χ1) is 6.00. The second-order valence-electron chi connectivity index (χ2n) is 3.04. The molecule has 65 valence electrons. The smallest absolute Gasteiger partial charge is 0.0130 e. The molecule has 0 saturated carbocycles. The van der Waals surface area contributed by atoms with Gasteiger partial charge in [0.05, 0.1) is 0 Å². The Hall–Kier alpha value is -0.780. The van der Waals surface area contributed by atoms with Crippen LogP contribution in [-0.4, -0.2) is 0 Å². The van der Waals surface area contributed by atoms with Crippen molar-refractivity contribution >= 4 is 0 Å². The molecule has 1 rings (SSSR count). The fraction of sp³-hybridized carbons (Fsp3) is 0.417. The lowest BCUT2D eigenvalue weighted by Crippen LogP contribution is -1.74. The van der Waals surface area contributed by atoms with E-state index < -0.39 is 0 Å². The molecule has 0 heteroatoms. The lowest BCUT2D eigenvalue weighted by atomic mass is 10.1. The predicted octanol–water partition coefficient (Wildman–Crippen LogP) is 3.82. The van der Waals surface area contributed by atoms with Gasteiger partial charge in [-0.15, -0.1) is 0 Å². The molecular weight excluding hydrogens is 144 g/mol. The molecule has 0 aliphatic heterocycles. The zero-order chi connectivity index (χ0) is 8.49. The van der Waals surface area contributed by atoms with E-state index in [0.717, 1.165) is 6.42 Å². The zero-order valence-corrected chi connectivity index (χ0v) is 7.58. The van der Waals surface area contributed by atoms with E-state index in [9.17, 15) is 0 Å². The first kappa shape index (κ1) is 9.31. The first-order valence-corrected chi connectivity index (χ1v) is 4.80. The Labute approximate surface area is 75.7 Å². The third-order valence-corrected chi connectivity index (χ3v) is 1.92. The number of hydrogen-bond donors (Lipinski definition) is 0. The van der Waals surface area contributed by atoms with Gasteiger partial charge in [0.15, 0.2) is 0 Å². The molecule has 0 fully saturated rings. The Morgan fingerprint density at radius 1 is 0.667 bits per heavy atom. The van der Waals surface area contributed by atoms with Gasteiger partial charge in [-0.05, 0) is 38.5 Å². The minimum atomic E-state index is 1.07. The van der Waals surface area contributed by atoms with Gasteiger partial charge in [-0.25, -0.2) is 0 Å². The van der Waals surface area contributed by atoms with Crippen molar-refractivity contribution < 1.29 is 0 Å². The van der Waals surface area contributed by atoms with Crippen LogP contribution >= 0.6 is 0 Å². The van der Waals surface area contributed by atoms with Crippen molar-refractivity contribution in [2.45, 2.75) is 32.1 Å². The summed E-state index contributed by atoms with van der Waals surface area (Å²) >= 11 is 0. The average Bonchev–Trinajstić information content (AvgIpc) is 2.05. The fourth-order valence-electron chi connectivity index (χ4n) is 1.21. The lowest BCUT2D eigenvalue weighted by Gasteiger charge is -1.94. The maximum atomic E-state index is 2.29. The highest BCUT2D eigenvalue weighted by atomic mass is 13.9. The molecule has 0 saturated heterocycles. The minimum absolute atomic E-state index is 1.07. The van der Waals surface area contributed by atoms with Crippen LogP contribution in [0, 0.1) is 6.42 Å². The SMILES string of the molecule is [CH]1/C=C\C=C\CCCC/C=C\C1. The van der Waals surface area contributed by atoms with E-state index in [0.29, 0.717) is 0 Å². The van der Waals surface area contributed by atoms with Gasteiger partial charge >= 0.3 is 0 Å². The fourth-order valence-corrected chi connectivity index (χ4v) is 1.21. The van der Waals surface area contributed by atoms with Gasteiger partial charge < -0.3 is 0 Å². The van der Waals surface area contributed by atoms with Gasteiger partial charge in [0, 0.05) is 0 Å². The molecule has 12 heavy (non-hydrogen) atoms. The molecule has 0 nitrogen and oxygen atoms in total. The van der Waals surface area contributed by atoms with Gasteiger partial charge in [-0.2, -0.15) is 0 Å². The second-order valence-corrected chi connectivity index (χ2v) is 3.04. The highest BCUT2D eigenvalue weighted by molar-refractivity contribution is 5.09. The topological polar surface area (TPSA) is 0 Å². The van der Waals surface area contributed by atoms with Crippen LogP contribution in [0.2, 0.25) is 0 Å². The van der Waals surface area contributed by atoms with Crippen LogP contribution in [-0.2, 0) is 0 Å². The van der Waals surface area contributed by atoms with E-state index in [2.05, 4.69) is 42.9 Å². The van der Waals surface area contributed by atoms with Crippen molar-refractivity contribution in [3.05, 3.63) is 42.9 Å². The Kier molecular flexibility index (Phi) is 5.35. The first-order valence-electron chi connectivity index (χ1n) is 4.80. The molecule has 0 unspecified atom stereocenters. The summed E-state index contributed by atoms with van der Waals surface area (Å²) in [6.07, 6.45) is 21.5. The lowest BCUT2D eigenvalue weighted by molar-refractivity contribution is 0.761. The average molecular weight is 161 g/mol. The van der Waals surface area contributed by atoms with E-state index in [4.69, 9.17) is 0 Å². The van der Waals surface area contributed by atoms with E-state index in [1.807, 2.05) is 0 Å². The molecule has 0 aromatic rings. The number of allylic oxidation sites excluding steroid dienone is 6. The maximum Gasteiger partial charge on any atom is -0.0130 e. The third-order valence-electron chi connectivity index (χ3n) is 1.92. The van der Waals surface area contributed by atoms with E-state index >= 15 is 0 Å². The summed E-state index contributed by atoms with van der Waals surface area (Å²) < 4.78 is 0. The molecule has 0 aromatic carbocycles. The Balaban J connectivity index is 2.31. The number of hydrogen-bond acceptors (Lipinski definition) is 0. The molecule has 0 aromatic heterocycles. The summed E-state index contributed by atoms with van der Waals surface area (Å²) in [4.78, 5) is 0. The highest BCUT2D eigenvalue weighted by Gasteiger charge is 1.84. The summed E-state index contributed by atoms with van der Waals surface area (Å²) in [6, 6.07) is 0. The monoisotopic (exact) mass is 161 g/mol. The van der Waals surface area contributed by atoms with Crippen LogP contribution < -0.4 is 0 Å². The van der Waals surface area contributed by atoms with Crippen LogP contribution in [0.25, 0.3) is 0 Å². The largest absolute Gasteiger partial charge is 0.0885 e. The molecule has 0 bridgehead atoms. The van der Waals surface area contributed by atoms with Gasteiger partial charge in [-0.1, -0.05) is 36.5 Å². The molecule has 1 aliphatic carbocycles. The summed E-state index contributed by atoms with van der Waals surface area (Å²) in [5.41, 5.74) is 0. The van der Waals surface area contributed by atoms with Gasteiger partial charge in [0.2, 0.25) is 0 Å². The normalized spacial score (nSPS) is 28.0.